The van der Waals surface area contributed by atoms with Crippen molar-refractivity contribution in [1.82, 2.24) is 15.0 Å². The molecule has 2 aromatic heterocycles. The van der Waals surface area contributed by atoms with Crippen LogP contribution in [0.25, 0.3) is 11.3 Å². The highest BCUT2D eigenvalue weighted by Gasteiger charge is 2.30. The fourth-order valence-electron chi connectivity index (χ4n) is 2.43. The maximum atomic E-state index is 13.0. The summed E-state index contributed by atoms with van der Waals surface area (Å²) >= 11 is 0. The summed E-state index contributed by atoms with van der Waals surface area (Å²) in [6.45, 7) is 1.64. The van der Waals surface area contributed by atoms with E-state index in [4.69, 9.17) is 5.73 Å². The first-order valence-electron chi connectivity index (χ1n) is 7.72. The molecule has 8 heteroatoms. The molecule has 0 spiro atoms. The van der Waals surface area contributed by atoms with Gasteiger partial charge in [-0.2, -0.15) is 13.2 Å². The van der Waals surface area contributed by atoms with Crippen molar-refractivity contribution < 1.29 is 18.3 Å². The molecule has 0 saturated heterocycles. The van der Waals surface area contributed by atoms with Crippen LogP contribution < -0.4 is 5.73 Å². The molecule has 0 fully saturated rings. The third kappa shape index (κ3) is 4.15. The number of halogens is 3. The van der Waals surface area contributed by atoms with Crippen molar-refractivity contribution in [2.45, 2.75) is 13.1 Å². The molecule has 3 rings (SSSR count). The summed E-state index contributed by atoms with van der Waals surface area (Å²) in [5.74, 6) is 5.53. The number of aromatic hydroxyl groups is 1. The number of aromatic nitrogens is 3. The third-order valence-electron chi connectivity index (χ3n) is 3.63. The van der Waals surface area contributed by atoms with E-state index < -0.39 is 11.7 Å². The number of nitrogen functional groups attached to an aromatic ring is 1. The van der Waals surface area contributed by atoms with Gasteiger partial charge in [-0.05, 0) is 25.1 Å². The second-order valence-electron chi connectivity index (χ2n) is 5.65. The first kappa shape index (κ1) is 18.2. The van der Waals surface area contributed by atoms with E-state index in [0.717, 1.165) is 12.1 Å². The number of aryl methyl sites for hydroxylation is 1. The van der Waals surface area contributed by atoms with Crippen molar-refractivity contribution >= 4 is 5.95 Å². The molecule has 0 saturated carbocycles. The zero-order chi connectivity index (χ0) is 19.6. The van der Waals surface area contributed by atoms with E-state index in [1.54, 1.807) is 6.92 Å². The average molecular weight is 370 g/mol. The number of nitrogens with two attached hydrogens (primary N) is 1. The lowest BCUT2D eigenvalue weighted by Crippen LogP contribution is -2.06. The monoisotopic (exact) mass is 370 g/mol. The van der Waals surface area contributed by atoms with E-state index in [1.807, 2.05) is 0 Å². The highest BCUT2D eigenvalue weighted by atomic mass is 19.4. The topological polar surface area (TPSA) is 84.9 Å². The quantitative estimate of drug-likeness (QED) is 0.640. The number of anilines is 1. The molecule has 0 aliphatic heterocycles. The van der Waals surface area contributed by atoms with Crippen molar-refractivity contribution in [3.8, 4) is 28.8 Å². The van der Waals surface area contributed by atoms with E-state index >= 15 is 0 Å². The Balaban J connectivity index is 2.15. The van der Waals surface area contributed by atoms with Crippen LogP contribution in [0.2, 0.25) is 0 Å². The van der Waals surface area contributed by atoms with E-state index in [2.05, 4.69) is 26.8 Å². The normalized spacial score (nSPS) is 11.0. The third-order valence-corrected chi connectivity index (χ3v) is 3.63. The SMILES string of the molecule is Cc1nc(N)nc(-c2cccc(C(F)(F)F)c2)c1C#Cc1cncc(O)c1. The Hall–Kier alpha value is -3.60. The van der Waals surface area contributed by atoms with Gasteiger partial charge in [0.15, 0.2) is 0 Å². The minimum atomic E-state index is -4.48. The fraction of sp³-hybridized carbons (Fsp3) is 0.105. The zero-order valence-electron chi connectivity index (χ0n) is 14.0. The van der Waals surface area contributed by atoms with Gasteiger partial charge in [-0.15, -0.1) is 0 Å². The van der Waals surface area contributed by atoms with Crippen molar-refractivity contribution in [3.63, 3.8) is 0 Å². The van der Waals surface area contributed by atoms with Crippen LogP contribution in [0.3, 0.4) is 0 Å². The lowest BCUT2D eigenvalue weighted by atomic mass is 10.0. The largest absolute Gasteiger partial charge is 0.506 e. The minimum Gasteiger partial charge on any atom is -0.506 e. The van der Waals surface area contributed by atoms with Gasteiger partial charge in [0.1, 0.15) is 5.75 Å². The van der Waals surface area contributed by atoms with Crippen LogP contribution in [-0.4, -0.2) is 20.1 Å². The molecule has 0 unspecified atom stereocenters. The number of alkyl halides is 3. The molecule has 3 N–H and O–H groups in total. The molecular formula is C19H13F3N4O. The maximum Gasteiger partial charge on any atom is 0.416 e. The number of hydrogen-bond acceptors (Lipinski definition) is 5. The molecule has 0 radical (unpaired) electrons. The number of hydrogen-bond donors (Lipinski definition) is 2. The van der Waals surface area contributed by atoms with Crippen LogP contribution in [0.1, 0.15) is 22.4 Å². The Bertz CT molecular complexity index is 1070. The Morgan fingerprint density at radius 3 is 2.56 bits per heavy atom. The molecule has 136 valence electrons. The average Bonchev–Trinajstić information content (AvgIpc) is 2.60. The summed E-state index contributed by atoms with van der Waals surface area (Å²) < 4.78 is 39.1. The molecule has 1 aromatic carbocycles. The molecule has 0 amide bonds. The van der Waals surface area contributed by atoms with Crippen molar-refractivity contribution in [2.24, 2.45) is 0 Å². The molecule has 2 heterocycles. The smallest absolute Gasteiger partial charge is 0.416 e. The number of rotatable bonds is 1. The Labute approximate surface area is 152 Å². The predicted octanol–water partition coefficient (Wildman–Crippen LogP) is 3.55. The van der Waals surface area contributed by atoms with Crippen molar-refractivity contribution in [3.05, 3.63) is 65.1 Å². The second-order valence-corrected chi connectivity index (χ2v) is 5.65. The van der Waals surface area contributed by atoms with E-state index in [1.165, 1.54) is 30.6 Å². The molecule has 0 bridgehead atoms. The van der Waals surface area contributed by atoms with Crippen LogP contribution in [0.4, 0.5) is 19.1 Å². The van der Waals surface area contributed by atoms with Gasteiger partial charge in [-0.3, -0.25) is 4.98 Å². The van der Waals surface area contributed by atoms with E-state index in [0.29, 0.717) is 16.8 Å². The number of benzene rings is 1. The number of pyridine rings is 1. The molecule has 5 nitrogen and oxygen atoms in total. The lowest BCUT2D eigenvalue weighted by molar-refractivity contribution is -0.137. The van der Waals surface area contributed by atoms with Crippen LogP contribution >= 0.6 is 0 Å². The van der Waals surface area contributed by atoms with Gasteiger partial charge in [-0.25, -0.2) is 9.97 Å². The molecule has 27 heavy (non-hydrogen) atoms. The first-order valence-corrected chi connectivity index (χ1v) is 7.72. The first-order chi connectivity index (χ1) is 12.7. The standard InChI is InChI=1S/C19H13F3N4O/c1-11-16(6-5-12-7-15(27)10-24-9-12)17(26-18(23)25-11)13-3-2-4-14(8-13)19(20,21)22/h2-4,7-10,27H,1H3,(H2,23,25,26). The van der Waals surface area contributed by atoms with Gasteiger partial charge in [0.05, 0.1) is 28.7 Å². The summed E-state index contributed by atoms with van der Waals surface area (Å²) in [5, 5.41) is 9.46. The predicted molar refractivity (Wildman–Crippen MR) is 93.5 cm³/mol. The van der Waals surface area contributed by atoms with Crippen molar-refractivity contribution in [2.75, 3.05) is 5.73 Å². The second kappa shape index (κ2) is 6.96. The molecular weight excluding hydrogens is 357 g/mol. The summed E-state index contributed by atoms with van der Waals surface area (Å²) in [6, 6.07) is 6.17. The number of nitrogens with zero attached hydrogens (tertiary/aromatic N) is 3. The summed E-state index contributed by atoms with van der Waals surface area (Å²) in [6.07, 6.45) is -1.77. The van der Waals surface area contributed by atoms with Crippen LogP contribution in [0.5, 0.6) is 5.75 Å². The Morgan fingerprint density at radius 1 is 1.07 bits per heavy atom. The molecule has 0 atom stereocenters. The molecule has 0 aliphatic carbocycles. The van der Waals surface area contributed by atoms with Gasteiger partial charge >= 0.3 is 6.18 Å². The summed E-state index contributed by atoms with van der Waals surface area (Å²) in [5.41, 5.74) is 6.50. The fourth-order valence-corrected chi connectivity index (χ4v) is 2.43. The van der Waals surface area contributed by atoms with Crippen molar-refractivity contribution in [1.29, 1.82) is 0 Å². The van der Waals surface area contributed by atoms with Gasteiger partial charge in [0, 0.05) is 17.3 Å². The molecule has 3 aromatic rings. The summed E-state index contributed by atoms with van der Waals surface area (Å²) in [4.78, 5) is 12.0. The maximum absolute atomic E-state index is 13.0. The van der Waals surface area contributed by atoms with Crippen LogP contribution in [-0.2, 0) is 6.18 Å². The summed E-state index contributed by atoms with van der Waals surface area (Å²) in [7, 11) is 0. The highest BCUT2D eigenvalue weighted by Crippen LogP contribution is 2.33. The van der Waals surface area contributed by atoms with E-state index in [9.17, 15) is 18.3 Å². The highest BCUT2D eigenvalue weighted by molar-refractivity contribution is 5.70. The molecule has 0 aliphatic rings. The minimum absolute atomic E-state index is 0.0508. The van der Waals surface area contributed by atoms with Crippen LogP contribution in [0.15, 0.2) is 42.7 Å². The zero-order valence-corrected chi connectivity index (χ0v) is 14.0. The van der Waals surface area contributed by atoms with Gasteiger partial charge in [0.25, 0.3) is 0 Å². The van der Waals surface area contributed by atoms with E-state index in [-0.39, 0.29) is 23.0 Å². The van der Waals surface area contributed by atoms with Crippen LogP contribution in [0, 0.1) is 18.8 Å². The van der Waals surface area contributed by atoms with Gasteiger partial charge < -0.3 is 10.8 Å². The van der Waals surface area contributed by atoms with Gasteiger partial charge in [0.2, 0.25) is 5.95 Å². The Kier molecular flexibility index (Phi) is 4.69. The Morgan fingerprint density at radius 2 is 1.85 bits per heavy atom. The van der Waals surface area contributed by atoms with Gasteiger partial charge in [-0.1, -0.05) is 24.0 Å². The lowest BCUT2D eigenvalue weighted by Gasteiger charge is -2.11.